The van der Waals surface area contributed by atoms with Gasteiger partial charge in [0.1, 0.15) is 0 Å². The number of benzene rings is 1. The summed E-state index contributed by atoms with van der Waals surface area (Å²) in [7, 11) is 1.84. The molecule has 22 heavy (non-hydrogen) atoms. The number of ether oxygens (including phenoxy) is 1. The second-order valence-corrected chi connectivity index (χ2v) is 5.40. The molecule has 2 N–H and O–H groups in total. The summed E-state index contributed by atoms with van der Waals surface area (Å²) < 4.78 is 7.18. The molecule has 1 aliphatic heterocycles. The molecule has 1 aliphatic rings. The van der Waals surface area contributed by atoms with Gasteiger partial charge in [0.25, 0.3) is 0 Å². The Morgan fingerprint density at radius 1 is 1.41 bits per heavy atom. The van der Waals surface area contributed by atoms with E-state index in [0.29, 0.717) is 12.4 Å². The average molecular weight is 300 g/mol. The van der Waals surface area contributed by atoms with Crippen molar-refractivity contribution >= 4 is 11.8 Å². The van der Waals surface area contributed by atoms with E-state index in [2.05, 4.69) is 15.7 Å². The summed E-state index contributed by atoms with van der Waals surface area (Å²) in [6, 6.07) is 9.61. The van der Waals surface area contributed by atoms with Crippen LogP contribution in [0.15, 0.2) is 36.5 Å². The van der Waals surface area contributed by atoms with Crippen LogP contribution in [-0.4, -0.2) is 35.1 Å². The number of carbonyl (C=O) groups is 1. The first-order chi connectivity index (χ1) is 10.7. The minimum Gasteiger partial charge on any atom is -0.376 e. The summed E-state index contributed by atoms with van der Waals surface area (Å²) in [6.45, 7) is 1.31. The van der Waals surface area contributed by atoms with Crippen molar-refractivity contribution in [1.82, 2.24) is 15.1 Å². The smallest absolute Gasteiger partial charge is 0.320 e. The molecule has 0 aliphatic carbocycles. The summed E-state index contributed by atoms with van der Waals surface area (Å²) in [5, 5.41) is 9.97. The molecule has 6 heteroatoms. The third-order valence-corrected chi connectivity index (χ3v) is 3.66. The summed E-state index contributed by atoms with van der Waals surface area (Å²) in [4.78, 5) is 12.0. The molecule has 1 aromatic carbocycles. The highest BCUT2D eigenvalue weighted by molar-refractivity contribution is 5.92. The standard InChI is InChI=1S/C16H20N4O2/c1-20-11-14(12-6-3-2-4-7-12)15(19-20)18-16(21)17-10-13-8-5-9-22-13/h2-4,6-7,11,13H,5,8-10H2,1H3,(H2,17,18,19,21)/t13-/m0/s1. The highest BCUT2D eigenvalue weighted by Crippen LogP contribution is 2.26. The van der Waals surface area contributed by atoms with Crippen LogP contribution in [-0.2, 0) is 11.8 Å². The van der Waals surface area contributed by atoms with Crippen molar-refractivity contribution in [3.63, 3.8) is 0 Å². The Morgan fingerprint density at radius 3 is 2.95 bits per heavy atom. The molecule has 1 atom stereocenters. The number of carbonyl (C=O) groups excluding carboxylic acids is 1. The molecule has 3 rings (SSSR count). The van der Waals surface area contributed by atoms with E-state index < -0.39 is 0 Å². The first-order valence-corrected chi connectivity index (χ1v) is 7.48. The SMILES string of the molecule is Cn1cc(-c2ccccc2)c(NC(=O)NC[C@@H]2CCCO2)n1. The Kier molecular flexibility index (Phi) is 4.39. The molecule has 2 aromatic rings. The van der Waals surface area contributed by atoms with Crippen LogP contribution in [0.25, 0.3) is 11.1 Å². The zero-order chi connectivity index (χ0) is 15.4. The Morgan fingerprint density at radius 2 is 2.23 bits per heavy atom. The van der Waals surface area contributed by atoms with Gasteiger partial charge in [0.15, 0.2) is 5.82 Å². The highest BCUT2D eigenvalue weighted by Gasteiger charge is 2.17. The fraction of sp³-hybridized carbons (Fsp3) is 0.375. The predicted molar refractivity (Wildman–Crippen MR) is 84.6 cm³/mol. The molecule has 1 saturated heterocycles. The van der Waals surface area contributed by atoms with Crippen molar-refractivity contribution in [3.8, 4) is 11.1 Å². The lowest BCUT2D eigenvalue weighted by atomic mass is 10.1. The molecule has 6 nitrogen and oxygen atoms in total. The lowest BCUT2D eigenvalue weighted by molar-refractivity contribution is 0.112. The number of amides is 2. The number of nitrogens with one attached hydrogen (secondary N) is 2. The van der Waals surface area contributed by atoms with E-state index >= 15 is 0 Å². The number of aryl methyl sites for hydroxylation is 1. The quantitative estimate of drug-likeness (QED) is 0.911. The van der Waals surface area contributed by atoms with Crippen LogP contribution in [0.4, 0.5) is 10.6 Å². The summed E-state index contributed by atoms with van der Waals surface area (Å²) in [5.74, 6) is 0.554. The van der Waals surface area contributed by atoms with Gasteiger partial charge in [-0.1, -0.05) is 30.3 Å². The van der Waals surface area contributed by atoms with Gasteiger partial charge in [-0.05, 0) is 18.4 Å². The second-order valence-electron chi connectivity index (χ2n) is 5.40. The van der Waals surface area contributed by atoms with Crippen molar-refractivity contribution in [3.05, 3.63) is 36.5 Å². The monoisotopic (exact) mass is 300 g/mol. The number of anilines is 1. The molecule has 0 bridgehead atoms. The van der Waals surface area contributed by atoms with Crippen LogP contribution in [0, 0.1) is 0 Å². The maximum absolute atomic E-state index is 12.0. The number of hydrogen-bond donors (Lipinski definition) is 2. The molecule has 0 saturated carbocycles. The minimum atomic E-state index is -0.258. The van der Waals surface area contributed by atoms with Gasteiger partial charge in [0.05, 0.1) is 6.10 Å². The summed E-state index contributed by atoms with van der Waals surface area (Å²) in [6.07, 6.45) is 4.08. The largest absolute Gasteiger partial charge is 0.376 e. The van der Waals surface area contributed by atoms with E-state index in [9.17, 15) is 4.79 Å². The van der Waals surface area contributed by atoms with E-state index in [1.54, 1.807) is 4.68 Å². The van der Waals surface area contributed by atoms with Crippen LogP contribution < -0.4 is 10.6 Å². The second kappa shape index (κ2) is 6.62. The fourth-order valence-corrected chi connectivity index (χ4v) is 2.57. The van der Waals surface area contributed by atoms with Crippen molar-refractivity contribution < 1.29 is 9.53 Å². The Hall–Kier alpha value is -2.34. The van der Waals surface area contributed by atoms with Gasteiger partial charge in [-0.15, -0.1) is 0 Å². The van der Waals surface area contributed by atoms with Crippen molar-refractivity contribution in [2.24, 2.45) is 7.05 Å². The van der Waals surface area contributed by atoms with Crippen molar-refractivity contribution in [2.75, 3.05) is 18.5 Å². The lowest BCUT2D eigenvalue weighted by Crippen LogP contribution is -2.35. The zero-order valence-electron chi connectivity index (χ0n) is 12.6. The van der Waals surface area contributed by atoms with E-state index in [0.717, 1.165) is 30.6 Å². The summed E-state index contributed by atoms with van der Waals surface area (Å²) in [5.41, 5.74) is 1.92. The molecular formula is C16H20N4O2. The van der Waals surface area contributed by atoms with Gasteiger partial charge in [0.2, 0.25) is 0 Å². The van der Waals surface area contributed by atoms with Gasteiger partial charge in [-0.2, -0.15) is 5.10 Å². The minimum absolute atomic E-state index is 0.128. The average Bonchev–Trinajstić information content (AvgIpc) is 3.16. The van der Waals surface area contributed by atoms with E-state index in [-0.39, 0.29) is 12.1 Å². The van der Waals surface area contributed by atoms with Crippen LogP contribution in [0.1, 0.15) is 12.8 Å². The fourth-order valence-electron chi connectivity index (χ4n) is 2.57. The maximum atomic E-state index is 12.0. The lowest BCUT2D eigenvalue weighted by Gasteiger charge is -2.11. The van der Waals surface area contributed by atoms with Crippen molar-refractivity contribution in [1.29, 1.82) is 0 Å². The highest BCUT2D eigenvalue weighted by atomic mass is 16.5. The molecule has 2 heterocycles. The first-order valence-electron chi connectivity index (χ1n) is 7.48. The predicted octanol–water partition coefficient (Wildman–Crippen LogP) is 2.39. The third-order valence-electron chi connectivity index (χ3n) is 3.66. The van der Waals surface area contributed by atoms with E-state index in [1.807, 2.05) is 43.6 Å². The van der Waals surface area contributed by atoms with Gasteiger partial charge >= 0.3 is 6.03 Å². The number of hydrogen-bond acceptors (Lipinski definition) is 3. The van der Waals surface area contributed by atoms with Crippen molar-refractivity contribution in [2.45, 2.75) is 18.9 Å². The number of aromatic nitrogens is 2. The Labute approximate surface area is 129 Å². The number of rotatable bonds is 4. The van der Waals surface area contributed by atoms with Gasteiger partial charge in [-0.3, -0.25) is 10.00 Å². The Bertz CT molecular complexity index is 633. The number of nitrogens with zero attached hydrogens (tertiary/aromatic N) is 2. The Balaban J connectivity index is 1.65. The van der Waals surface area contributed by atoms with Crippen LogP contribution in [0.2, 0.25) is 0 Å². The van der Waals surface area contributed by atoms with Gasteiger partial charge < -0.3 is 10.1 Å². The summed E-state index contributed by atoms with van der Waals surface area (Å²) >= 11 is 0. The first kappa shape index (κ1) is 14.6. The van der Waals surface area contributed by atoms with E-state index in [1.165, 1.54) is 0 Å². The maximum Gasteiger partial charge on any atom is 0.320 e. The molecule has 0 spiro atoms. The molecule has 1 aromatic heterocycles. The van der Waals surface area contributed by atoms with Gasteiger partial charge in [0, 0.05) is 32.0 Å². The normalized spacial score (nSPS) is 17.4. The molecule has 116 valence electrons. The molecule has 0 unspecified atom stereocenters. The van der Waals surface area contributed by atoms with Gasteiger partial charge in [-0.25, -0.2) is 4.79 Å². The number of urea groups is 1. The van der Waals surface area contributed by atoms with Crippen LogP contribution in [0.5, 0.6) is 0 Å². The topological polar surface area (TPSA) is 68.2 Å². The molecule has 1 fully saturated rings. The zero-order valence-corrected chi connectivity index (χ0v) is 12.6. The molecule has 0 radical (unpaired) electrons. The van der Waals surface area contributed by atoms with Crippen LogP contribution >= 0.6 is 0 Å². The molecule has 2 amide bonds. The molecular weight excluding hydrogens is 280 g/mol. The van der Waals surface area contributed by atoms with E-state index in [4.69, 9.17) is 4.74 Å². The van der Waals surface area contributed by atoms with Crippen LogP contribution in [0.3, 0.4) is 0 Å². The third kappa shape index (κ3) is 3.46.